The van der Waals surface area contributed by atoms with Crippen LogP contribution in [0.15, 0.2) is 78.9 Å². The van der Waals surface area contributed by atoms with Crippen molar-refractivity contribution in [2.75, 3.05) is 22.5 Å². The van der Waals surface area contributed by atoms with Crippen LogP contribution >= 0.6 is 0 Å². The fourth-order valence-electron chi connectivity index (χ4n) is 4.14. The van der Waals surface area contributed by atoms with E-state index in [2.05, 4.69) is 21.3 Å². The van der Waals surface area contributed by atoms with Gasteiger partial charge in [-0.25, -0.2) is 0 Å². The summed E-state index contributed by atoms with van der Waals surface area (Å²) in [5.74, 6) is -0.545. The zero-order valence-corrected chi connectivity index (χ0v) is 19.6. The molecule has 0 heterocycles. The molecule has 0 radical (unpaired) electrons. The Kier molecular flexibility index (Phi) is 8.12. The molecule has 180 valence electrons. The van der Waals surface area contributed by atoms with E-state index in [4.69, 9.17) is 0 Å². The molecular formula is C28H30N4O3. The number of hydrogen-bond donors (Lipinski definition) is 4. The third kappa shape index (κ3) is 7.17. The third-order valence-electron chi connectivity index (χ3n) is 5.96. The highest BCUT2D eigenvalue weighted by molar-refractivity contribution is 6.04. The minimum Gasteiger partial charge on any atom is -0.376 e. The van der Waals surface area contributed by atoms with E-state index in [1.807, 2.05) is 12.1 Å². The maximum atomic E-state index is 12.6. The van der Waals surface area contributed by atoms with Crippen LogP contribution < -0.4 is 21.3 Å². The van der Waals surface area contributed by atoms with Crippen molar-refractivity contribution in [2.24, 2.45) is 0 Å². The summed E-state index contributed by atoms with van der Waals surface area (Å²) >= 11 is 0. The van der Waals surface area contributed by atoms with Crippen molar-refractivity contribution in [2.45, 2.75) is 38.1 Å². The molecule has 3 aromatic rings. The topological polar surface area (TPSA) is 99.3 Å². The molecule has 0 aromatic heterocycles. The second kappa shape index (κ2) is 11.8. The zero-order valence-electron chi connectivity index (χ0n) is 19.6. The normalized spacial score (nSPS) is 13.5. The quantitative estimate of drug-likeness (QED) is 0.370. The Morgan fingerprint density at radius 1 is 0.657 bits per heavy atom. The van der Waals surface area contributed by atoms with E-state index in [1.54, 1.807) is 66.7 Å². The molecule has 4 N–H and O–H groups in total. The summed E-state index contributed by atoms with van der Waals surface area (Å²) in [5, 5.41) is 11.8. The summed E-state index contributed by atoms with van der Waals surface area (Å²) in [6.07, 6.45) is 5.61. The van der Waals surface area contributed by atoms with Crippen LogP contribution in [0, 0.1) is 0 Å². The standard InChI is InChI=1S/C28H30N4O3/c33-26(30-24-15-8-16-25(18-24)32-27(34)20-9-3-1-4-10-20)19-29-23-14-7-11-21(17-23)28(35)31-22-12-5-2-6-13-22/h1,3-4,7-11,14-18,22,29H,2,5-6,12-13,19H2,(H,30,33)(H,31,35)(H,32,34). The monoisotopic (exact) mass is 470 g/mol. The van der Waals surface area contributed by atoms with E-state index in [-0.39, 0.29) is 30.3 Å². The average Bonchev–Trinajstić information content (AvgIpc) is 2.89. The summed E-state index contributed by atoms with van der Waals surface area (Å²) < 4.78 is 0. The van der Waals surface area contributed by atoms with Crippen molar-refractivity contribution in [1.82, 2.24) is 5.32 Å². The highest BCUT2D eigenvalue weighted by atomic mass is 16.2. The first-order valence-corrected chi connectivity index (χ1v) is 12.0. The van der Waals surface area contributed by atoms with E-state index in [0.717, 1.165) is 25.7 Å². The molecule has 35 heavy (non-hydrogen) atoms. The molecule has 1 saturated carbocycles. The Hall–Kier alpha value is -4.13. The van der Waals surface area contributed by atoms with Crippen LogP contribution in [-0.4, -0.2) is 30.3 Å². The Morgan fingerprint density at radius 2 is 1.31 bits per heavy atom. The van der Waals surface area contributed by atoms with Gasteiger partial charge in [0.1, 0.15) is 0 Å². The minimum absolute atomic E-state index is 0.0360. The van der Waals surface area contributed by atoms with E-state index in [9.17, 15) is 14.4 Å². The van der Waals surface area contributed by atoms with Crippen LogP contribution in [0.3, 0.4) is 0 Å². The molecule has 1 fully saturated rings. The Balaban J connectivity index is 1.28. The molecule has 0 spiro atoms. The van der Waals surface area contributed by atoms with Gasteiger partial charge in [-0.15, -0.1) is 0 Å². The number of benzene rings is 3. The molecule has 1 aliphatic rings. The third-order valence-corrected chi connectivity index (χ3v) is 5.96. The molecule has 0 bridgehead atoms. The molecule has 3 amide bonds. The second-order valence-electron chi connectivity index (χ2n) is 8.69. The number of carbonyl (C=O) groups excluding carboxylic acids is 3. The number of rotatable bonds is 8. The summed E-state index contributed by atoms with van der Waals surface area (Å²) in [5.41, 5.74) is 2.98. The fraction of sp³-hybridized carbons (Fsp3) is 0.250. The van der Waals surface area contributed by atoms with Gasteiger partial charge >= 0.3 is 0 Å². The van der Waals surface area contributed by atoms with Gasteiger partial charge in [-0.05, 0) is 61.4 Å². The average molecular weight is 471 g/mol. The van der Waals surface area contributed by atoms with Crippen molar-refractivity contribution < 1.29 is 14.4 Å². The first-order valence-electron chi connectivity index (χ1n) is 12.0. The summed E-state index contributed by atoms with van der Waals surface area (Å²) in [7, 11) is 0. The highest BCUT2D eigenvalue weighted by Crippen LogP contribution is 2.19. The van der Waals surface area contributed by atoms with Crippen molar-refractivity contribution in [1.29, 1.82) is 0 Å². The summed E-state index contributed by atoms with van der Waals surface area (Å²) in [4.78, 5) is 37.4. The first kappa shape index (κ1) is 24.0. The number of nitrogens with one attached hydrogen (secondary N) is 4. The number of carbonyl (C=O) groups is 3. The minimum atomic E-state index is -0.242. The SMILES string of the molecule is O=C(CNc1cccc(C(=O)NC2CCCCC2)c1)Nc1cccc(NC(=O)c2ccccc2)c1. The van der Waals surface area contributed by atoms with Gasteiger partial charge in [0, 0.05) is 34.2 Å². The molecule has 7 nitrogen and oxygen atoms in total. The molecule has 3 aromatic carbocycles. The molecule has 0 aliphatic heterocycles. The highest BCUT2D eigenvalue weighted by Gasteiger charge is 2.17. The lowest BCUT2D eigenvalue weighted by Gasteiger charge is -2.22. The Morgan fingerprint density at radius 3 is 2.09 bits per heavy atom. The van der Waals surface area contributed by atoms with Gasteiger partial charge in [-0.2, -0.15) is 0 Å². The van der Waals surface area contributed by atoms with Gasteiger partial charge in [0.25, 0.3) is 11.8 Å². The Bertz CT molecular complexity index is 1170. The molecule has 0 atom stereocenters. The van der Waals surface area contributed by atoms with E-state index in [0.29, 0.717) is 28.2 Å². The smallest absolute Gasteiger partial charge is 0.255 e. The second-order valence-corrected chi connectivity index (χ2v) is 8.69. The van der Waals surface area contributed by atoms with Gasteiger partial charge in [-0.1, -0.05) is 49.6 Å². The van der Waals surface area contributed by atoms with Gasteiger partial charge in [0.15, 0.2) is 0 Å². The maximum absolute atomic E-state index is 12.6. The summed E-state index contributed by atoms with van der Waals surface area (Å²) in [6, 6.07) is 23.3. The maximum Gasteiger partial charge on any atom is 0.255 e. The lowest BCUT2D eigenvalue weighted by Crippen LogP contribution is -2.36. The van der Waals surface area contributed by atoms with Gasteiger partial charge < -0.3 is 21.3 Å². The van der Waals surface area contributed by atoms with Crippen molar-refractivity contribution >= 4 is 34.8 Å². The number of anilines is 3. The predicted molar refractivity (Wildman–Crippen MR) is 139 cm³/mol. The van der Waals surface area contributed by atoms with Crippen LogP contribution in [0.2, 0.25) is 0 Å². The summed E-state index contributed by atoms with van der Waals surface area (Å²) in [6.45, 7) is 0.0360. The predicted octanol–water partition coefficient (Wildman–Crippen LogP) is 5.05. The molecule has 7 heteroatoms. The van der Waals surface area contributed by atoms with Gasteiger partial charge in [0.2, 0.25) is 5.91 Å². The van der Waals surface area contributed by atoms with Crippen LogP contribution in [0.1, 0.15) is 52.8 Å². The van der Waals surface area contributed by atoms with Crippen LogP contribution in [0.4, 0.5) is 17.1 Å². The van der Waals surface area contributed by atoms with Crippen molar-refractivity contribution in [3.63, 3.8) is 0 Å². The number of hydrogen-bond acceptors (Lipinski definition) is 4. The first-order chi connectivity index (χ1) is 17.1. The van der Waals surface area contributed by atoms with E-state index >= 15 is 0 Å². The molecular weight excluding hydrogens is 440 g/mol. The van der Waals surface area contributed by atoms with Crippen molar-refractivity contribution in [3.8, 4) is 0 Å². The van der Waals surface area contributed by atoms with Crippen LogP contribution in [-0.2, 0) is 4.79 Å². The fourth-order valence-corrected chi connectivity index (χ4v) is 4.14. The lowest BCUT2D eigenvalue weighted by molar-refractivity contribution is -0.114. The van der Waals surface area contributed by atoms with Crippen LogP contribution in [0.25, 0.3) is 0 Å². The largest absolute Gasteiger partial charge is 0.376 e. The van der Waals surface area contributed by atoms with Gasteiger partial charge in [0.05, 0.1) is 6.54 Å². The van der Waals surface area contributed by atoms with Gasteiger partial charge in [-0.3, -0.25) is 14.4 Å². The van der Waals surface area contributed by atoms with E-state index in [1.165, 1.54) is 6.42 Å². The lowest BCUT2D eigenvalue weighted by atomic mass is 9.95. The molecule has 0 saturated heterocycles. The number of amides is 3. The Labute approximate surface area is 205 Å². The zero-order chi connectivity index (χ0) is 24.5. The van der Waals surface area contributed by atoms with Crippen LogP contribution in [0.5, 0.6) is 0 Å². The molecule has 0 unspecified atom stereocenters. The molecule has 1 aliphatic carbocycles. The van der Waals surface area contributed by atoms with E-state index < -0.39 is 0 Å². The molecule has 4 rings (SSSR count). The van der Waals surface area contributed by atoms with Crippen molar-refractivity contribution in [3.05, 3.63) is 90.0 Å².